The molecule has 0 heterocycles. The third kappa shape index (κ3) is 6.99. The summed E-state index contributed by atoms with van der Waals surface area (Å²) in [4.78, 5) is 0. The fourth-order valence-electron chi connectivity index (χ4n) is 0.465. The fourth-order valence-corrected chi connectivity index (χ4v) is 1.35. The standard InChI is InChI=1S/C8H14Cl2OSi/c1-8(10)11-5-4-6-12(2,3)7-9/h8H,5,7H2,1-3H3. The smallest absolute Gasteiger partial charge is 0.146 e. The second-order valence-corrected chi connectivity index (χ2v) is 8.87. The predicted octanol–water partition coefficient (Wildman–Crippen LogP) is 2.62. The van der Waals surface area contributed by atoms with Gasteiger partial charge in [-0.2, -0.15) is 0 Å². The van der Waals surface area contributed by atoms with E-state index < -0.39 is 8.07 Å². The van der Waals surface area contributed by atoms with E-state index in [4.69, 9.17) is 27.9 Å². The van der Waals surface area contributed by atoms with Gasteiger partial charge in [0.05, 0.1) is 0 Å². The first-order chi connectivity index (χ1) is 5.48. The summed E-state index contributed by atoms with van der Waals surface area (Å²) in [6.45, 7) is 6.42. The number of ether oxygens (including phenoxy) is 1. The van der Waals surface area contributed by atoms with Gasteiger partial charge in [0.2, 0.25) is 0 Å². The van der Waals surface area contributed by atoms with Gasteiger partial charge >= 0.3 is 0 Å². The Morgan fingerprint density at radius 2 is 2.08 bits per heavy atom. The van der Waals surface area contributed by atoms with Crippen molar-refractivity contribution in [3.05, 3.63) is 0 Å². The molecule has 0 aromatic rings. The summed E-state index contributed by atoms with van der Waals surface area (Å²) in [5.41, 5.74) is 3.54. The highest BCUT2D eigenvalue weighted by Gasteiger charge is 2.15. The zero-order chi connectivity index (χ0) is 9.61. The number of rotatable bonds is 3. The molecule has 4 heteroatoms. The van der Waals surface area contributed by atoms with Crippen LogP contribution in [0.3, 0.4) is 0 Å². The zero-order valence-electron chi connectivity index (χ0n) is 7.66. The lowest BCUT2D eigenvalue weighted by Gasteiger charge is -2.08. The Labute approximate surface area is 85.4 Å². The van der Waals surface area contributed by atoms with E-state index in [0.717, 1.165) is 0 Å². The van der Waals surface area contributed by atoms with Gasteiger partial charge in [0.15, 0.2) is 0 Å². The normalized spacial score (nSPS) is 13.4. The predicted molar refractivity (Wildman–Crippen MR) is 57.2 cm³/mol. The fraction of sp³-hybridized carbons (Fsp3) is 0.750. The summed E-state index contributed by atoms with van der Waals surface area (Å²) in [5.74, 6) is 2.93. The minimum Gasteiger partial charge on any atom is -0.350 e. The largest absolute Gasteiger partial charge is 0.350 e. The molecular weight excluding hydrogens is 211 g/mol. The molecule has 1 atom stereocenters. The van der Waals surface area contributed by atoms with E-state index in [2.05, 4.69) is 24.6 Å². The number of alkyl halides is 2. The van der Waals surface area contributed by atoms with Crippen molar-refractivity contribution in [1.29, 1.82) is 0 Å². The maximum absolute atomic E-state index is 5.73. The minimum absolute atomic E-state index is 0.264. The molecule has 0 N–H and O–H groups in total. The zero-order valence-corrected chi connectivity index (χ0v) is 10.2. The Kier molecular flexibility index (Phi) is 6.03. The van der Waals surface area contributed by atoms with Gasteiger partial charge in [-0.1, -0.05) is 30.6 Å². The molecule has 70 valence electrons. The van der Waals surface area contributed by atoms with Crippen molar-refractivity contribution in [1.82, 2.24) is 0 Å². The van der Waals surface area contributed by atoms with Gasteiger partial charge in [0, 0.05) is 5.50 Å². The average molecular weight is 225 g/mol. The molecule has 0 rings (SSSR count). The highest BCUT2D eigenvalue weighted by Crippen LogP contribution is 2.01. The summed E-state index contributed by atoms with van der Waals surface area (Å²) < 4.78 is 5.05. The van der Waals surface area contributed by atoms with Crippen molar-refractivity contribution in [3.63, 3.8) is 0 Å². The lowest BCUT2D eigenvalue weighted by atomic mass is 10.7. The highest BCUT2D eigenvalue weighted by atomic mass is 35.5. The monoisotopic (exact) mass is 224 g/mol. The molecule has 0 aromatic heterocycles. The van der Waals surface area contributed by atoms with Crippen molar-refractivity contribution in [3.8, 4) is 11.5 Å². The number of halogens is 2. The Morgan fingerprint density at radius 1 is 1.50 bits per heavy atom. The van der Waals surface area contributed by atoms with Crippen LogP contribution in [0.1, 0.15) is 6.92 Å². The number of hydrogen-bond acceptors (Lipinski definition) is 1. The summed E-state index contributed by atoms with van der Waals surface area (Å²) in [6.07, 6.45) is 0. The molecule has 12 heavy (non-hydrogen) atoms. The third-order valence-electron chi connectivity index (χ3n) is 1.15. The van der Waals surface area contributed by atoms with E-state index in [1.807, 2.05) is 0 Å². The topological polar surface area (TPSA) is 9.23 Å². The first-order valence-corrected chi connectivity index (χ1v) is 7.97. The maximum atomic E-state index is 5.73. The van der Waals surface area contributed by atoms with Gasteiger partial charge in [-0.15, -0.1) is 17.1 Å². The molecule has 0 saturated heterocycles. The number of hydrogen-bond donors (Lipinski definition) is 0. The van der Waals surface area contributed by atoms with Crippen LogP contribution in [-0.2, 0) is 4.74 Å². The Balaban J connectivity index is 3.73. The van der Waals surface area contributed by atoms with E-state index in [1.54, 1.807) is 6.92 Å². The Hall–Kier alpha value is 0.317. The van der Waals surface area contributed by atoms with Crippen LogP contribution in [-0.4, -0.2) is 25.7 Å². The van der Waals surface area contributed by atoms with Gasteiger partial charge in [-0.25, -0.2) is 0 Å². The lowest BCUT2D eigenvalue weighted by Crippen LogP contribution is -2.26. The first-order valence-electron chi connectivity index (χ1n) is 3.79. The quantitative estimate of drug-likeness (QED) is 0.407. The molecule has 0 fully saturated rings. The van der Waals surface area contributed by atoms with E-state index in [0.29, 0.717) is 12.1 Å². The molecule has 0 spiro atoms. The van der Waals surface area contributed by atoms with Crippen molar-refractivity contribution < 1.29 is 4.74 Å². The van der Waals surface area contributed by atoms with Gasteiger partial charge < -0.3 is 4.74 Å². The van der Waals surface area contributed by atoms with Crippen molar-refractivity contribution in [2.24, 2.45) is 0 Å². The molecule has 0 amide bonds. The second kappa shape index (κ2) is 5.88. The van der Waals surface area contributed by atoms with Crippen molar-refractivity contribution in [2.75, 3.05) is 12.1 Å². The summed E-state index contributed by atoms with van der Waals surface area (Å²) >= 11 is 11.3. The van der Waals surface area contributed by atoms with E-state index in [1.165, 1.54) is 0 Å². The van der Waals surface area contributed by atoms with E-state index >= 15 is 0 Å². The molecule has 0 saturated carbocycles. The van der Waals surface area contributed by atoms with Crippen molar-refractivity contribution >= 4 is 31.3 Å². The van der Waals surface area contributed by atoms with Gasteiger partial charge in [0.1, 0.15) is 20.2 Å². The van der Waals surface area contributed by atoms with Crippen LogP contribution in [0.4, 0.5) is 0 Å². The second-order valence-electron chi connectivity index (χ2n) is 3.17. The van der Waals surface area contributed by atoms with Crippen LogP contribution >= 0.6 is 23.2 Å². The minimum atomic E-state index is -1.47. The molecule has 0 bridgehead atoms. The van der Waals surface area contributed by atoms with Gasteiger partial charge in [0.25, 0.3) is 0 Å². The van der Waals surface area contributed by atoms with Crippen molar-refractivity contribution in [2.45, 2.75) is 25.6 Å². The van der Waals surface area contributed by atoms with Crippen LogP contribution in [0.2, 0.25) is 13.1 Å². The lowest BCUT2D eigenvalue weighted by molar-refractivity contribution is 0.151. The van der Waals surface area contributed by atoms with Crippen LogP contribution in [0.15, 0.2) is 0 Å². The molecule has 0 aliphatic heterocycles. The average Bonchev–Trinajstić information content (AvgIpc) is 1.98. The summed E-state index contributed by atoms with van der Waals surface area (Å²) in [6, 6.07) is 0. The Morgan fingerprint density at radius 3 is 2.50 bits per heavy atom. The van der Waals surface area contributed by atoms with E-state index in [9.17, 15) is 0 Å². The van der Waals surface area contributed by atoms with Crippen LogP contribution in [0.25, 0.3) is 0 Å². The molecule has 0 aliphatic carbocycles. The van der Waals surface area contributed by atoms with Gasteiger partial charge in [-0.3, -0.25) is 0 Å². The Bertz CT molecular complexity index is 181. The molecule has 1 nitrogen and oxygen atoms in total. The third-order valence-corrected chi connectivity index (χ3v) is 4.80. The molecular formula is C8H14Cl2OSi. The van der Waals surface area contributed by atoms with Gasteiger partial charge in [-0.05, 0) is 6.92 Å². The van der Waals surface area contributed by atoms with Crippen LogP contribution in [0.5, 0.6) is 0 Å². The molecule has 0 radical (unpaired) electrons. The highest BCUT2D eigenvalue weighted by molar-refractivity contribution is 6.89. The summed E-state index contributed by atoms with van der Waals surface area (Å²) in [7, 11) is -1.47. The van der Waals surface area contributed by atoms with Crippen LogP contribution in [0, 0.1) is 11.5 Å². The SMILES string of the molecule is CC(Cl)OCC#C[Si](C)(C)CCl. The molecule has 0 aliphatic rings. The first kappa shape index (κ1) is 12.3. The molecule has 0 aromatic carbocycles. The summed E-state index contributed by atoms with van der Waals surface area (Å²) in [5, 5.41) is 0. The van der Waals surface area contributed by atoms with E-state index in [-0.39, 0.29) is 5.56 Å². The maximum Gasteiger partial charge on any atom is 0.146 e. The van der Waals surface area contributed by atoms with Crippen LogP contribution < -0.4 is 0 Å². The molecule has 1 unspecified atom stereocenters.